The standard InChI is InChI=1S/C23H37NO4Si/c1-9-13-27-22(26)20-17-14(2)11-10-12-16(17)19-18(21(25)24(19)20)15(3)28-29(7,8)23(4,5)6/h9,14-16,18-19H,1,10-13H2,2-8H3/t14-,15?,16-,18+,19+/m0/s1. The van der Waals surface area contributed by atoms with Gasteiger partial charge in [-0.05, 0) is 49.4 Å². The lowest BCUT2D eigenvalue weighted by Gasteiger charge is -2.51. The molecule has 0 radical (unpaired) electrons. The van der Waals surface area contributed by atoms with Crippen molar-refractivity contribution in [1.29, 1.82) is 0 Å². The highest BCUT2D eigenvalue weighted by Gasteiger charge is 2.62. The second-order valence-electron chi connectivity index (χ2n) is 10.4. The summed E-state index contributed by atoms with van der Waals surface area (Å²) in [6.45, 7) is 19.1. The van der Waals surface area contributed by atoms with Gasteiger partial charge >= 0.3 is 5.97 Å². The van der Waals surface area contributed by atoms with E-state index in [2.05, 4.69) is 47.4 Å². The third kappa shape index (κ3) is 3.63. The van der Waals surface area contributed by atoms with Crippen LogP contribution in [0.2, 0.25) is 18.1 Å². The van der Waals surface area contributed by atoms with Crippen LogP contribution in [0.25, 0.3) is 0 Å². The van der Waals surface area contributed by atoms with Crippen molar-refractivity contribution in [2.45, 2.75) is 84.2 Å². The van der Waals surface area contributed by atoms with Crippen LogP contribution in [0.4, 0.5) is 0 Å². The molecule has 2 heterocycles. The topological polar surface area (TPSA) is 55.8 Å². The first-order valence-electron chi connectivity index (χ1n) is 11.0. The van der Waals surface area contributed by atoms with E-state index in [1.54, 1.807) is 11.0 Å². The van der Waals surface area contributed by atoms with Gasteiger partial charge in [0, 0.05) is 5.92 Å². The summed E-state index contributed by atoms with van der Waals surface area (Å²) in [4.78, 5) is 27.8. The van der Waals surface area contributed by atoms with Crippen LogP contribution in [0.5, 0.6) is 0 Å². The van der Waals surface area contributed by atoms with Gasteiger partial charge in [-0.2, -0.15) is 0 Å². The van der Waals surface area contributed by atoms with Gasteiger partial charge in [-0.3, -0.25) is 4.79 Å². The molecule has 1 amide bonds. The van der Waals surface area contributed by atoms with Crippen molar-refractivity contribution in [1.82, 2.24) is 4.90 Å². The molecular weight excluding hydrogens is 382 g/mol. The van der Waals surface area contributed by atoms with Crippen molar-refractivity contribution in [2.24, 2.45) is 17.8 Å². The number of hydrogen-bond acceptors (Lipinski definition) is 4. The summed E-state index contributed by atoms with van der Waals surface area (Å²) in [5, 5.41) is 0.0891. The number of β-lactam (4-membered cyclic amide) rings is 1. The largest absolute Gasteiger partial charge is 0.457 e. The van der Waals surface area contributed by atoms with Crippen molar-refractivity contribution in [3.8, 4) is 0 Å². The number of nitrogens with zero attached hydrogens (tertiary/aromatic N) is 1. The zero-order valence-corrected chi connectivity index (χ0v) is 20.1. The molecule has 1 saturated carbocycles. The summed E-state index contributed by atoms with van der Waals surface area (Å²) in [7, 11) is -1.99. The summed E-state index contributed by atoms with van der Waals surface area (Å²) in [5.41, 5.74) is 1.64. The van der Waals surface area contributed by atoms with E-state index in [-0.39, 0.29) is 47.5 Å². The second-order valence-corrected chi connectivity index (χ2v) is 15.2. The Morgan fingerprint density at radius 1 is 1.34 bits per heavy atom. The first-order chi connectivity index (χ1) is 13.4. The molecule has 0 aromatic carbocycles. The lowest BCUT2D eigenvalue weighted by molar-refractivity contribution is -0.163. The van der Waals surface area contributed by atoms with E-state index in [4.69, 9.17) is 9.16 Å². The van der Waals surface area contributed by atoms with E-state index in [1.165, 1.54) is 0 Å². The van der Waals surface area contributed by atoms with Crippen molar-refractivity contribution in [3.05, 3.63) is 23.9 Å². The number of rotatable bonds is 6. The predicted molar refractivity (Wildman–Crippen MR) is 117 cm³/mol. The van der Waals surface area contributed by atoms with Crippen molar-refractivity contribution in [3.63, 3.8) is 0 Å². The smallest absolute Gasteiger partial charge is 0.355 e. The lowest BCUT2D eigenvalue weighted by Crippen LogP contribution is -2.65. The van der Waals surface area contributed by atoms with Crippen LogP contribution in [0.15, 0.2) is 23.9 Å². The number of fused-ring (bicyclic) bond motifs is 3. The number of carbonyl (C=O) groups is 2. The molecule has 1 saturated heterocycles. The predicted octanol–water partition coefficient (Wildman–Crippen LogP) is 4.66. The van der Waals surface area contributed by atoms with E-state index in [1.807, 2.05) is 6.92 Å². The van der Waals surface area contributed by atoms with Crippen molar-refractivity contribution < 1.29 is 18.8 Å². The molecule has 5 nitrogen and oxygen atoms in total. The third-order valence-corrected chi connectivity index (χ3v) is 12.1. The van der Waals surface area contributed by atoms with Crippen LogP contribution >= 0.6 is 0 Å². The molecule has 2 aliphatic heterocycles. The maximum absolute atomic E-state index is 13.3. The Kier molecular flexibility index (Phi) is 5.91. The molecule has 0 N–H and O–H groups in total. The van der Waals surface area contributed by atoms with Gasteiger partial charge < -0.3 is 14.1 Å². The highest BCUT2D eigenvalue weighted by Crippen LogP contribution is 2.54. The van der Waals surface area contributed by atoms with Gasteiger partial charge in [0.15, 0.2) is 8.32 Å². The fourth-order valence-corrected chi connectivity index (χ4v) is 6.49. The van der Waals surface area contributed by atoms with Crippen LogP contribution in [0.3, 0.4) is 0 Å². The van der Waals surface area contributed by atoms with Gasteiger partial charge in [-0.1, -0.05) is 46.8 Å². The molecule has 0 bridgehead atoms. The Bertz CT molecular complexity index is 736. The molecule has 0 aromatic heterocycles. The quantitative estimate of drug-likeness (QED) is 0.272. The van der Waals surface area contributed by atoms with Crippen LogP contribution in [-0.4, -0.2) is 43.8 Å². The normalized spacial score (nSPS) is 30.4. The Morgan fingerprint density at radius 2 is 2.00 bits per heavy atom. The number of esters is 1. The Balaban J connectivity index is 1.88. The Labute approximate surface area is 176 Å². The van der Waals surface area contributed by atoms with Crippen LogP contribution < -0.4 is 0 Å². The first kappa shape index (κ1) is 22.3. The van der Waals surface area contributed by atoms with Crippen molar-refractivity contribution in [2.75, 3.05) is 6.61 Å². The highest BCUT2D eigenvalue weighted by molar-refractivity contribution is 6.74. The SMILES string of the molecule is C=CCOC(=O)C1=C2[C@@H](C)CCC[C@@H]2[C@@H]2[C@@H](C(C)O[Si](C)(C)C(C)(C)C)C(=O)N12. The van der Waals surface area contributed by atoms with Gasteiger partial charge in [0.2, 0.25) is 5.91 Å². The van der Waals surface area contributed by atoms with Crippen LogP contribution in [0, 0.1) is 17.8 Å². The molecule has 0 spiro atoms. The minimum atomic E-state index is -1.99. The molecule has 3 aliphatic rings. The Morgan fingerprint density at radius 3 is 2.59 bits per heavy atom. The van der Waals surface area contributed by atoms with Gasteiger partial charge in [0.05, 0.1) is 18.1 Å². The molecule has 6 heteroatoms. The van der Waals surface area contributed by atoms with Gasteiger partial charge in [-0.25, -0.2) is 4.79 Å². The average Bonchev–Trinajstić information content (AvgIpc) is 2.90. The molecular formula is C23H37NO4Si. The third-order valence-electron chi connectivity index (χ3n) is 7.52. The average molecular weight is 420 g/mol. The Hall–Kier alpha value is -1.40. The van der Waals surface area contributed by atoms with Gasteiger partial charge in [0.1, 0.15) is 12.3 Å². The zero-order chi connectivity index (χ0) is 21.7. The summed E-state index contributed by atoms with van der Waals surface area (Å²) in [5.74, 6) is -0.000183. The maximum Gasteiger partial charge on any atom is 0.355 e. The molecule has 3 rings (SSSR count). The maximum atomic E-state index is 13.3. The lowest BCUT2D eigenvalue weighted by atomic mass is 9.70. The number of hydrogen-bond donors (Lipinski definition) is 0. The summed E-state index contributed by atoms with van der Waals surface area (Å²) in [6.07, 6.45) is 4.63. The minimum absolute atomic E-state index is 0.0147. The fraction of sp³-hybridized carbons (Fsp3) is 0.739. The first-order valence-corrected chi connectivity index (χ1v) is 13.9. The fourth-order valence-electron chi connectivity index (χ4n) is 5.06. The van der Waals surface area contributed by atoms with E-state index >= 15 is 0 Å². The number of carbonyl (C=O) groups excluding carboxylic acids is 2. The number of amides is 1. The summed E-state index contributed by atoms with van der Waals surface area (Å²) in [6, 6.07) is 0.0336. The minimum Gasteiger partial charge on any atom is -0.457 e. The molecule has 5 atom stereocenters. The molecule has 1 aliphatic carbocycles. The molecule has 162 valence electrons. The van der Waals surface area contributed by atoms with Crippen molar-refractivity contribution >= 4 is 20.2 Å². The summed E-state index contributed by atoms with van der Waals surface area (Å²) < 4.78 is 12.0. The molecule has 0 aromatic rings. The monoisotopic (exact) mass is 419 g/mol. The summed E-state index contributed by atoms with van der Waals surface area (Å²) >= 11 is 0. The van der Waals surface area contributed by atoms with Gasteiger partial charge in [-0.15, -0.1) is 0 Å². The van der Waals surface area contributed by atoms with Crippen LogP contribution in [-0.2, 0) is 18.8 Å². The zero-order valence-electron chi connectivity index (χ0n) is 19.1. The van der Waals surface area contributed by atoms with E-state index in [9.17, 15) is 9.59 Å². The highest BCUT2D eigenvalue weighted by atomic mass is 28.4. The van der Waals surface area contributed by atoms with E-state index in [0.29, 0.717) is 11.6 Å². The van der Waals surface area contributed by atoms with Crippen LogP contribution in [0.1, 0.15) is 53.9 Å². The second kappa shape index (κ2) is 7.69. The molecule has 29 heavy (non-hydrogen) atoms. The van der Waals surface area contributed by atoms with Gasteiger partial charge in [0.25, 0.3) is 0 Å². The molecule has 2 fully saturated rings. The molecule has 1 unspecified atom stereocenters. The van der Waals surface area contributed by atoms with E-state index in [0.717, 1.165) is 24.8 Å². The van der Waals surface area contributed by atoms with E-state index < -0.39 is 8.32 Å². The number of ether oxygens (including phenoxy) is 1.